The number of hydrogen-bond acceptors (Lipinski definition) is 5. The molecular formula is C15H14F8NO5P. The first-order valence-electron chi connectivity index (χ1n) is 7.93. The van der Waals surface area contributed by atoms with Gasteiger partial charge in [0.2, 0.25) is 0 Å². The van der Waals surface area contributed by atoms with Gasteiger partial charge in [-0.25, -0.2) is 0 Å². The Balaban J connectivity index is 4.01. The van der Waals surface area contributed by atoms with E-state index in [1.807, 2.05) is 0 Å². The fraction of sp³-hybridized carbons (Fsp3) is 0.467. The van der Waals surface area contributed by atoms with Crippen molar-refractivity contribution in [3.05, 3.63) is 45.5 Å². The number of nitrogens with zero attached hydrogens (tertiary/aromatic N) is 1. The predicted octanol–water partition coefficient (Wildman–Crippen LogP) is 6.33. The van der Waals surface area contributed by atoms with Crippen LogP contribution in [0.4, 0.5) is 40.8 Å². The maximum absolute atomic E-state index is 14.8. The largest absolute Gasteiger partial charge is 0.419 e. The molecule has 0 radical (unpaired) electrons. The molecule has 0 aliphatic carbocycles. The van der Waals surface area contributed by atoms with Crippen LogP contribution in [0.1, 0.15) is 19.4 Å². The van der Waals surface area contributed by atoms with Crippen LogP contribution in [0.3, 0.4) is 0 Å². The zero-order valence-corrected chi connectivity index (χ0v) is 16.1. The molecule has 1 aromatic carbocycles. The van der Waals surface area contributed by atoms with E-state index in [9.17, 15) is 49.8 Å². The average Bonchev–Trinajstić information content (AvgIpc) is 2.57. The lowest BCUT2D eigenvalue weighted by Crippen LogP contribution is -2.35. The molecule has 0 saturated heterocycles. The van der Waals surface area contributed by atoms with E-state index < -0.39 is 66.1 Å². The normalized spacial score (nSPS) is 14.5. The Bertz CT molecular complexity index is 838. The first-order valence-corrected chi connectivity index (χ1v) is 9.48. The summed E-state index contributed by atoms with van der Waals surface area (Å²) in [4.78, 5) is 9.55. The third kappa shape index (κ3) is 5.35. The van der Waals surface area contributed by atoms with E-state index in [2.05, 4.69) is 9.05 Å². The monoisotopic (exact) mass is 471 g/mol. The van der Waals surface area contributed by atoms with Crippen LogP contribution in [0.25, 0.3) is 5.57 Å². The molecule has 1 rings (SSSR count). The number of halogens is 8. The molecule has 0 aromatic heterocycles. The zero-order chi connectivity index (χ0) is 23.5. The molecular weight excluding hydrogens is 457 g/mol. The third-order valence-electron chi connectivity index (χ3n) is 3.43. The molecule has 0 amide bonds. The van der Waals surface area contributed by atoms with Crippen molar-refractivity contribution < 1.29 is 53.7 Å². The minimum Gasteiger partial charge on any atom is -0.304 e. The fourth-order valence-electron chi connectivity index (χ4n) is 2.34. The van der Waals surface area contributed by atoms with Crippen LogP contribution in [-0.4, -0.2) is 36.2 Å². The number of rotatable bonds is 8. The lowest BCUT2D eigenvalue weighted by atomic mass is 9.98. The van der Waals surface area contributed by atoms with E-state index in [0.717, 1.165) is 13.8 Å². The number of alkyl halides is 8. The number of nitro groups is 1. The van der Waals surface area contributed by atoms with Crippen LogP contribution in [0.2, 0.25) is 0 Å². The minimum absolute atomic E-state index is 0.217. The molecule has 0 spiro atoms. The van der Waals surface area contributed by atoms with Crippen molar-refractivity contribution in [2.75, 3.05) is 13.2 Å². The maximum atomic E-state index is 14.8. The van der Waals surface area contributed by atoms with Gasteiger partial charge in [0.05, 0.1) is 23.7 Å². The number of allylic oxidation sites excluding steroid dienone is 2. The summed E-state index contributed by atoms with van der Waals surface area (Å²) in [5.41, 5.74) is -14.4. The first-order chi connectivity index (χ1) is 13.5. The van der Waals surface area contributed by atoms with Gasteiger partial charge in [0.15, 0.2) is 0 Å². The van der Waals surface area contributed by atoms with Crippen molar-refractivity contribution in [3.63, 3.8) is 0 Å². The molecule has 15 heteroatoms. The summed E-state index contributed by atoms with van der Waals surface area (Å²) in [5, 5.41) is 10.6. The van der Waals surface area contributed by atoms with Gasteiger partial charge < -0.3 is 9.05 Å². The Morgan fingerprint density at radius 1 is 0.933 bits per heavy atom. The van der Waals surface area contributed by atoms with Crippen LogP contribution in [0, 0.1) is 10.1 Å². The zero-order valence-electron chi connectivity index (χ0n) is 15.2. The van der Waals surface area contributed by atoms with Gasteiger partial charge in [-0.3, -0.25) is 14.7 Å². The minimum atomic E-state index is -6.33. The molecule has 0 N–H and O–H groups in total. The average molecular weight is 471 g/mol. The van der Waals surface area contributed by atoms with E-state index >= 15 is 0 Å². The standard InChI is InChI=1S/C15H14F8NO5P/c1-3-28-30(27,29-4-2)15(22,23)12(14(19,20)21)11(13(16,17)18)9-5-7-10(8-6-9)24(25)26/h5-8H,3-4H2,1-2H3/b12-11+. The summed E-state index contributed by atoms with van der Waals surface area (Å²) in [5.74, 6) is 0. The van der Waals surface area contributed by atoms with E-state index in [4.69, 9.17) is 0 Å². The summed E-state index contributed by atoms with van der Waals surface area (Å²) in [6.07, 6.45) is -12.4. The molecule has 0 saturated carbocycles. The van der Waals surface area contributed by atoms with Crippen molar-refractivity contribution in [1.82, 2.24) is 0 Å². The summed E-state index contributed by atoms with van der Waals surface area (Å²) < 4.78 is 131. The lowest BCUT2D eigenvalue weighted by Gasteiger charge is -2.31. The summed E-state index contributed by atoms with van der Waals surface area (Å²) in [7, 11) is -6.06. The fourth-order valence-corrected chi connectivity index (χ4v) is 3.93. The smallest absolute Gasteiger partial charge is 0.304 e. The number of non-ortho nitro benzene ring substituents is 1. The topological polar surface area (TPSA) is 78.7 Å². The van der Waals surface area contributed by atoms with Gasteiger partial charge in [-0.2, -0.15) is 35.1 Å². The highest BCUT2D eigenvalue weighted by Crippen LogP contribution is 2.68. The second-order valence-electron chi connectivity index (χ2n) is 5.42. The Labute approximate surface area is 164 Å². The van der Waals surface area contributed by atoms with Gasteiger partial charge >= 0.3 is 25.6 Å². The molecule has 0 unspecified atom stereocenters. The van der Waals surface area contributed by atoms with Crippen molar-refractivity contribution in [2.24, 2.45) is 0 Å². The highest BCUT2D eigenvalue weighted by molar-refractivity contribution is 7.55. The summed E-state index contributed by atoms with van der Waals surface area (Å²) in [6, 6.07) is 1.24. The molecule has 0 atom stereocenters. The Morgan fingerprint density at radius 3 is 1.67 bits per heavy atom. The van der Waals surface area contributed by atoms with E-state index in [1.54, 1.807) is 0 Å². The molecule has 30 heavy (non-hydrogen) atoms. The van der Waals surface area contributed by atoms with E-state index in [-0.39, 0.29) is 12.1 Å². The van der Waals surface area contributed by atoms with Crippen LogP contribution < -0.4 is 0 Å². The molecule has 0 heterocycles. The molecule has 170 valence electrons. The van der Waals surface area contributed by atoms with Gasteiger partial charge in [-0.1, -0.05) is 0 Å². The third-order valence-corrected chi connectivity index (χ3v) is 5.53. The van der Waals surface area contributed by atoms with Crippen molar-refractivity contribution in [1.29, 1.82) is 0 Å². The Kier molecular flexibility index (Phi) is 7.78. The van der Waals surface area contributed by atoms with E-state index in [1.165, 1.54) is 0 Å². The second-order valence-corrected chi connectivity index (χ2v) is 7.50. The van der Waals surface area contributed by atoms with E-state index in [0.29, 0.717) is 12.1 Å². The highest BCUT2D eigenvalue weighted by Gasteiger charge is 2.66. The molecule has 1 aromatic rings. The highest BCUT2D eigenvalue weighted by atomic mass is 31.2. The van der Waals surface area contributed by atoms with Crippen LogP contribution in [0.5, 0.6) is 0 Å². The molecule has 0 aliphatic rings. The first kappa shape index (κ1) is 26.0. The molecule has 0 bridgehead atoms. The van der Waals surface area contributed by atoms with Crippen LogP contribution in [0.15, 0.2) is 29.8 Å². The number of nitro benzene ring substituents is 1. The Morgan fingerprint density at radius 2 is 1.37 bits per heavy atom. The van der Waals surface area contributed by atoms with Gasteiger partial charge in [0.1, 0.15) is 5.57 Å². The number of hydrogen-bond donors (Lipinski definition) is 0. The van der Waals surface area contributed by atoms with Gasteiger partial charge in [-0.05, 0) is 31.5 Å². The molecule has 0 aliphatic heterocycles. The molecule has 0 fully saturated rings. The maximum Gasteiger partial charge on any atom is 0.419 e. The quantitative estimate of drug-likeness (QED) is 0.192. The lowest BCUT2D eigenvalue weighted by molar-refractivity contribution is -0.384. The van der Waals surface area contributed by atoms with Crippen molar-refractivity contribution in [2.45, 2.75) is 31.9 Å². The van der Waals surface area contributed by atoms with Crippen molar-refractivity contribution in [3.8, 4) is 0 Å². The van der Waals surface area contributed by atoms with Gasteiger partial charge in [-0.15, -0.1) is 0 Å². The molecule has 6 nitrogen and oxygen atoms in total. The van der Waals surface area contributed by atoms with Gasteiger partial charge in [0.25, 0.3) is 5.69 Å². The predicted molar refractivity (Wildman–Crippen MR) is 87.9 cm³/mol. The summed E-state index contributed by atoms with van der Waals surface area (Å²) in [6.45, 7) is 0.243. The number of benzene rings is 1. The van der Waals surface area contributed by atoms with Crippen LogP contribution >= 0.6 is 7.60 Å². The van der Waals surface area contributed by atoms with Crippen LogP contribution in [-0.2, 0) is 13.6 Å². The van der Waals surface area contributed by atoms with Gasteiger partial charge in [0, 0.05) is 12.1 Å². The summed E-state index contributed by atoms with van der Waals surface area (Å²) >= 11 is 0. The SMILES string of the molecule is CCOP(=O)(OCC)C(F)(F)/C(=C(\c1ccc([N+](=O)[O-])cc1)C(F)(F)F)C(F)(F)F. The second kappa shape index (κ2) is 8.98. The van der Waals surface area contributed by atoms with Crippen molar-refractivity contribution >= 4 is 18.9 Å². The Hall–Kier alpha value is -2.05.